The second-order valence-corrected chi connectivity index (χ2v) is 3.77. The SMILES string of the molecule is Br.N=C1CCCN1CCc1ccccc1. The molecule has 1 saturated heterocycles. The van der Waals surface area contributed by atoms with Gasteiger partial charge in [0.1, 0.15) is 0 Å². The molecule has 0 aromatic heterocycles. The van der Waals surface area contributed by atoms with Crippen molar-refractivity contribution >= 4 is 22.8 Å². The number of nitrogens with zero attached hydrogens (tertiary/aromatic N) is 1. The lowest BCUT2D eigenvalue weighted by atomic mass is 10.1. The number of amidine groups is 1. The van der Waals surface area contributed by atoms with Crippen molar-refractivity contribution in [3.05, 3.63) is 35.9 Å². The van der Waals surface area contributed by atoms with E-state index in [9.17, 15) is 0 Å². The van der Waals surface area contributed by atoms with Gasteiger partial charge in [0.25, 0.3) is 0 Å². The second kappa shape index (κ2) is 5.91. The smallest absolute Gasteiger partial charge is 0.0958 e. The van der Waals surface area contributed by atoms with E-state index in [0.29, 0.717) is 0 Å². The van der Waals surface area contributed by atoms with Crippen LogP contribution in [0.5, 0.6) is 0 Å². The summed E-state index contributed by atoms with van der Waals surface area (Å²) >= 11 is 0. The maximum atomic E-state index is 7.70. The molecular formula is C12H17BrN2. The van der Waals surface area contributed by atoms with Crippen LogP contribution in [-0.2, 0) is 6.42 Å². The quantitative estimate of drug-likeness (QED) is 0.897. The molecule has 1 aromatic rings. The molecule has 0 bridgehead atoms. The Labute approximate surface area is 102 Å². The normalized spacial score (nSPS) is 15.2. The van der Waals surface area contributed by atoms with Crippen molar-refractivity contribution in [3.63, 3.8) is 0 Å². The number of halogens is 1. The summed E-state index contributed by atoms with van der Waals surface area (Å²) in [5.41, 5.74) is 1.37. The van der Waals surface area contributed by atoms with Crippen LogP contribution in [0.1, 0.15) is 18.4 Å². The van der Waals surface area contributed by atoms with Crippen LogP contribution < -0.4 is 0 Å². The zero-order valence-electron chi connectivity index (χ0n) is 8.78. The molecule has 0 radical (unpaired) electrons. The molecule has 2 nitrogen and oxygen atoms in total. The van der Waals surface area contributed by atoms with Crippen LogP contribution in [0.2, 0.25) is 0 Å². The van der Waals surface area contributed by atoms with Crippen LogP contribution >= 0.6 is 17.0 Å². The zero-order chi connectivity index (χ0) is 9.80. The number of rotatable bonds is 3. The summed E-state index contributed by atoms with van der Waals surface area (Å²) in [6.45, 7) is 2.08. The Bertz CT molecular complexity index is 311. The van der Waals surface area contributed by atoms with Gasteiger partial charge in [-0.25, -0.2) is 0 Å². The maximum absolute atomic E-state index is 7.70. The van der Waals surface area contributed by atoms with E-state index < -0.39 is 0 Å². The first-order valence-electron chi connectivity index (χ1n) is 5.22. The molecule has 1 heterocycles. The highest BCUT2D eigenvalue weighted by Gasteiger charge is 2.15. The van der Waals surface area contributed by atoms with Gasteiger partial charge in [-0.3, -0.25) is 5.41 Å². The molecule has 0 spiro atoms. The van der Waals surface area contributed by atoms with E-state index in [1.54, 1.807) is 0 Å². The molecule has 15 heavy (non-hydrogen) atoms. The van der Waals surface area contributed by atoms with Crippen molar-refractivity contribution < 1.29 is 0 Å². The van der Waals surface area contributed by atoms with Crippen molar-refractivity contribution in [2.45, 2.75) is 19.3 Å². The number of hydrogen-bond acceptors (Lipinski definition) is 1. The van der Waals surface area contributed by atoms with Gasteiger partial charge in [-0.2, -0.15) is 0 Å². The summed E-state index contributed by atoms with van der Waals surface area (Å²) in [7, 11) is 0. The van der Waals surface area contributed by atoms with Crippen LogP contribution in [0.25, 0.3) is 0 Å². The molecule has 0 atom stereocenters. The minimum atomic E-state index is 0. The topological polar surface area (TPSA) is 27.1 Å². The number of hydrogen-bond donors (Lipinski definition) is 1. The fourth-order valence-corrected chi connectivity index (χ4v) is 1.89. The highest BCUT2D eigenvalue weighted by molar-refractivity contribution is 8.93. The van der Waals surface area contributed by atoms with E-state index in [4.69, 9.17) is 5.41 Å². The summed E-state index contributed by atoms with van der Waals surface area (Å²) in [5, 5.41) is 7.70. The molecular weight excluding hydrogens is 252 g/mol. The van der Waals surface area contributed by atoms with Gasteiger partial charge in [0.2, 0.25) is 0 Å². The molecule has 0 amide bonds. The van der Waals surface area contributed by atoms with Crippen molar-refractivity contribution in [2.24, 2.45) is 0 Å². The lowest BCUT2D eigenvalue weighted by molar-refractivity contribution is 0.455. The van der Waals surface area contributed by atoms with Gasteiger partial charge in [0.05, 0.1) is 5.84 Å². The fraction of sp³-hybridized carbons (Fsp3) is 0.417. The molecule has 3 heteroatoms. The van der Waals surface area contributed by atoms with Gasteiger partial charge >= 0.3 is 0 Å². The third-order valence-electron chi connectivity index (χ3n) is 2.74. The molecule has 0 saturated carbocycles. The number of nitrogens with one attached hydrogen (secondary N) is 1. The maximum Gasteiger partial charge on any atom is 0.0958 e. The van der Waals surface area contributed by atoms with Gasteiger partial charge in [0, 0.05) is 19.5 Å². The van der Waals surface area contributed by atoms with Gasteiger partial charge in [-0.15, -0.1) is 17.0 Å². The summed E-state index contributed by atoms with van der Waals surface area (Å²) in [5.74, 6) is 0.820. The van der Waals surface area contributed by atoms with Crippen molar-refractivity contribution in [2.75, 3.05) is 13.1 Å². The second-order valence-electron chi connectivity index (χ2n) is 3.77. The van der Waals surface area contributed by atoms with Crippen LogP contribution in [0.15, 0.2) is 30.3 Å². The highest BCUT2D eigenvalue weighted by atomic mass is 79.9. The molecule has 1 aliphatic heterocycles. The van der Waals surface area contributed by atoms with Crippen LogP contribution in [0, 0.1) is 5.41 Å². The Morgan fingerprint density at radius 2 is 1.93 bits per heavy atom. The van der Waals surface area contributed by atoms with E-state index in [-0.39, 0.29) is 17.0 Å². The molecule has 0 unspecified atom stereocenters. The van der Waals surface area contributed by atoms with Crippen LogP contribution in [0.3, 0.4) is 0 Å². The summed E-state index contributed by atoms with van der Waals surface area (Å²) in [6, 6.07) is 10.5. The first-order chi connectivity index (χ1) is 6.86. The number of likely N-dealkylation sites (tertiary alicyclic amines) is 1. The lowest BCUT2D eigenvalue weighted by Gasteiger charge is -2.17. The predicted molar refractivity (Wildman–Crippen MR) is 69.0 cm³/mol. The lowest BCUT2D eigenvalue weighted by Crippen LogP contribution is -2.26. The van der Waals surface area contributed by atoms with E-state index in [0.717, 1.165) is 38.2 Å². The zero-order valence-corrected chi connectivity index (χ0v) is 10.5. The molecule has 1 aromatic carbocycles. The van der Waals surface area contributed by atoms with E-state index in [1.807, 2.05) is 6.07 Å². The standard InChI is InChI=1S/C12H16N2.BrH/c13-12-7-4-9-14(12)10-8-11-5-2-1-3-6-11;/h1-3,5-6,13H,4,7-10H2;1H. The Morgan fingerprint density at radius 3 is 2.53 bits per heavy atom. The molecule has 1 fully saturated rings. The summed E-state index contributed by atoms with van der Waals surface area (Å²) in [6.07, 6.45) is 3.19. The fourth-order valence-electron chi connectivity index (χ4n) is 1.89. The highest BCUT2D eigenvalue weighted by Crippen LogP contribution is 2.11. The van der Waals surface area contributed by atoms with Gasteiger partial charge in [-0.05, 0) is 18.4 Å². The number of benzene rings is 1. The third kappa shape index (κ3) is 3.34. The van der Waals surface area contributed by atoms with Crippen molar-refractivity contribution in [1.29, 1.82) is 5.41 Å². The average molecular weight is 269 g/mol. The Hall–Kier alpha value is -0.830. The van der Waals surface area contributed by atoms with Crippen molar-refractivity contribution in [1.82, 2.24) is 4.90 Å². The van der Waals surface area contributed by atoms with Gasteiger partial charge in [-0.1, -0.05) is 30.3 Å². The average Bonchev–Trinajstić information content (AvgIpc) is 2.63. The Balaban J connectivity index is 0.00000112. The monoisotopic (exact) mass is 268 g/mol. The summed E-state index contributed by atoms with van der Waals surface area (Å²) in [4.78, 5) is 2.19. The van der Waals surface area contributed by atoms with Gasteiger partial charge in [0.15, 0.2) is 0 Å². The Morgan fingerprint density at radius 1 is 1.20 bits per heavy atom. The summed E-state index contributed by atoms with van der Waals surface area (Å²) < 4.78 is 0. The molecule has 1 aliphatic rings. The molecule has 82 valence electrons. The largest absolute Gasteiger partial charge is 0.360 e. The van der Waals surface area contributed by atoms with Crippen LogP contribution in [-0.4, -0.2) is 23.8 Å². The molecule has 0 aliphatic carbocycles. The predicted octanol–water partition coefficient (Wildman–Crippen LogP) is 2.88. The third-order valence-corrected chi connectivity index (χ3v) is 2.74. The minimum Gasteiger partial charge on any atom is -0.360 e. The van der Waals surface area contributed by atoms with E-state index in [2.05, 4.69) is 29.2 Å². The van der Waals surface area contributed by atoms with E-state index in [1.165, 1.54) is 5.56 Å². The molecule has 1 N–H and O–H groups in total. The Kier molecular flexibility index (Phi) is 4.82. The van der Waals surface area contributed by atoms with Gasteiger partial charge < -0.3 is 4.90 Å². The first-order valence-corrected chi connectivity index (χ1v) is 5.22. The molecule has 2 rings (SSSR count). The van der Waals surface area contributed by atoms with Crippen LogP contribution in [0.4, 0.5) is 0 Å². The van der Waals surface area contributed by atoms with E-state index >= 15 is 0 Å². The first kappa shape index (κ1) is 12.2. The van der Waals surface area contributed by atoms with Crippen molar-refractivity contribution in [3.8, 4) is 0 Å². The minimum absolute atomic E-state index is 0.